The van der Waals surface area contributed by atoms with Gasteiger partial charge in [0.2, 0.25) is 5.91 Å². The summed E-state index contributed by atoms with van der Waals surface area (Å²) >= 11 is 0. The number of amides is 1. The first kappa shape index (κ1) is 24.9. The summed E-state index contributed by atoms with van der Waals surface area (Å²) in [6.45, 7) is 16.3. The third-order valence-electron chi connectivity index (χ3n) is 11.6. The molecule has 1 aromatic carbocycles. The van der Waals surface area contributed by atoms with Gasteiger partial charge in [-0.3, -0.25) is 4.79 Å². The van der Waals surface area contributed by atoms with Gasteiger partial charge in [0, 0.05) is 36.0 Å². The molecule has 0 spiro atoms. The second kappa shape index (κ2) is 7.97. The number of carbonyl (C=O) groups excluding carboxylic acids is 1. The van der Waals surface area contributed by atoms with Gasteiger partial charge >= 0.3 is 0 Å². The van der Waals surface area contributed by atoms with Crippen molar-refractivity contribution >= 4 is 5.91 Å². The lowest BCUT2D eigenvalue weighted by atomic mass is 9.53. The van der Waals surface area contributed by atoms with Crippen LogP contribution in [0.25, 0.3) is 0 Å². The summed E-state index contributed by atoms with van der Waals surface area (Å²) < 4.78 is 13.6. The van der Waals surface area contributed by atoms with E-state index in [9.17, 15) is 9.90 Å². The van der Waals surface area contributed by atoms with Crippen molar-refractivity contribution in [3.63, 3.8) is 0 Å². The molecule has 0 radical (unpaired) electrons. The van der Waals surface area contributed by atoms with E-state index in [4.69, 9.17) is 9.47 Å². The van der Waals surface area contributed by atoms with E-state index < -0.39 is 5.72 Å². The van der Waals surface area contributed by atoms with E-state index >= 15 is 0 Å². The summed E-state index contributed by atoms with van der Waals surface area (Å²) in [6.07, 6.45) is 7.58. The van der Waals surface area contributed by atoms with Crippen LogP contribution in [0.2, 0.25) is 0 Å². The van der Waals surface area contributed by atoms with Crippen molar-refractivity contribution in [2.45, 2.75) is 84.3 Å². The van der Waals surface area contributed by atoms with Crippen LogP contribution in [0.5, 0.6) is 5.75 Å². The quantitative estimate of drug-likeness (QED) is 0.393. The number of ether oxygens (including phenoxy) is 2. The van der Waals surface area contributed by atoms with Crippen molar-refractivity contribution in [2.24, 2.45) is 52.3 Å². The number of hydrogen-bond donors (Lipinski definition) is 2. The highest BCUT2D eigenvalue weighted by Gasteiger charge is 2.71. The van der Waals surface area contributed by atoms with E-state index in [0.29, 0.717) is 36.5 Å². The lowest BCUT2D eigenvalue weighted by molar-refractivity contribution is -0.124. The van der Waals surface area contributed by atoms with Crippen LogP contribution in [0.15, 0.2) is 48.6 Å². The standard InChI is InChI=1S/C33H43NO4/c1-7-31(5)14-19(4)24-23-26(31)29-27(38-29)22-16-33(36,34-30(22)35)15-20-8-10-21(11-9-20)37-28(23)25-18(3)12-17(2)13-32(24,25)6/h7-11,14,17-18,22-29,36H,1,12-13,15-16H2,2-6H3,(H,34,35)/t17-,18+,22+,23+,24-,25+,26?,27?,28+,29-,31+,32+,33-/m1/s1. The Morgan fingerprint density at radius 1 is 1.08 bits per heavy atom. The number of aliphatic hydroxyl groups is 1. The molecule has 2 N–H and O–H groups in total. The fraction of sp³-hybridized carbons (Fsp3) is 0.667. The van der Waals surface area contributed by atoms with E-state index in [2.05, 4.69) is 70.8 Å². The van der Waals surface area contributed by atoms with Gasteiger partial charge in [0.1, 0.15) is 17.6 Å². The molecule has 1 amide bonds. The summed E-state index contributed by atoms with van der Waals surface area (Å²) in [5.41, 5.74) is 1.07. The number of epoxide rings is 1. The monoisotopic (exact) mass is 517 g/mol. The molecule has 1 aromatic rings. The molecule has 5 nitrogen and oxygen atoms in total. The van der Waals surface area contributed by atoms with E-state index in [1.165, 1.54) is 18.4 Å². The van der Waals surface area contributed by atoms with E-state index in [1.54, 1.807) is 0 Å². The highest BCUT2D eigenvalue weighted by atomic mass is 16.6. The normalized spacial score (nSPS) is 52.5. The number of nitrogens with one attached hydrogen (secondary N) is 1. The van der Waals surface area contributed by atoms with Crippen LogP contribution in [0.4, 0.5) is 0 Å². The average Bonchev–Trinajstić information content (AvgIpc) is 3.47. The number of fused-ring (bicyclic) bond motifs is 4. The summed E-state index contributed by atoms with van der Waals surface area (Å²) in [5, 5.41) is 14.3. The molecular formula is C33H43NO4. The molecule has 3 aliphatic carbocycles. The van der Waals surface area contributed by atoms with Crippen molar-refractivity contribution < 1.29 is 19.4 Å². The number of benzene rings is 1. The summed E-state index contributed by atoms with van der Waals surface area (Å²) in [5.74, 6) is 2.95. The number of carbonyl (C=O) groups is 1. The minimum atomic E-state index is -1.25. The first-order chi connectivity index (χ1) is 18.0. The highest BCUT2D eigenvalue weighted by Crippen LogP contribution is 2.70. The minimum Gasteiger partial charge on any atom is -0.490 e. The van der Waals surface area contributed by atoms with Gasteiger partial charge in [-0.1, -0.05) is 57.6 Å². The van der Waals surface area contributed by atoms with Gasteiger partial charge in [-0.25, -0.2) is 0 Å². The maximum absolute atomic E-state index is 13.2. The van der Waals surface area contributed by atoms with Gasteiger partial charge in [-0.15, -0.1) is 6.58 Å². The molecule has 8 rings (SSSR count). The van der Waals surface area contributed by atoms with Crippen LogP contribution < -0.4 is 10.1 Å². The predicted octanol–water partition coefficient (Wildman–Crippen LogP) is 5.29. The fourth-order valence-electron chi connectivity index (χ4n) is 10.7. The van der Waals surface area contributed by atoms with Gasteiger partial charge in [0.05, 0.1) is 18.1 Å². The number of hydrogen-bond acceptors (Lipinski definition) is 4. The molecule has 4 fully saturated rings. The third kappa shape index (κ3) is 3.40. The minimum absolute atomic E-state index is 0.0561. The molecule has 5 heteroatoms. The molecule has 0 aromatic heterocycles. The Balaban J connectivity index is 1.41. The first-order valence-corrected chi connectivity index (χ1v) is 14.7. The Morgan fingerprint density at radius 3 is 2.53 bits per heavy atom. The maximum Gasteiger partial charge on any atom is 0.228 e. The molecule has 2 saturated carbocycles. The second-order valence-corrected chi connectivity index (χ2v) is 14.4. The predicted molar refractivity (Wildman–Crippen MR) is 146 cm³/mol. The molecule has 38 heavy (non-hydrogen) atoms. The average molecular weight is 518 g/mol. The third-order valence-corrected chi connectivity index (χ3v) is 11.6. The Kier molecular flexibility index (Phi) is 5.22. The van der Waals surface area contributed by atoms with Gasteiger partial charge in [0.25, 0.3) is 0 Å². The Labute approximate surface area is 227 Å². The lowest BCUT2D eigenvalue weighted by Crippen LogP contribution is -2.47. The zero-order valence-electron chi connectivity index (χ0n) is 23.4. The molecule has 204 valence electrons. The molecule has 4 heterocycles. The summed E-state index contributed by atoms with van der Waals surface area (Å²) in [7, 11) is 0. The zero-order valence-corrected chi connectivity index (χ0v) is 23.4. The topological polar surface area (TPSA) is 71.1 Å². The van der Waals surface area contributed by atoms with Crippen molar-refractivity contribution in [3.05, 3.63) is 54.1 Å². The first-order valence-electron chi connectivity index (χ1n) is 14.7. The van der Waals surface area contributed by atoms with Crippen molar-refractivity contribution in [2.75, 3.05) is 0 Å². The Hall–Kier alpha value is -2.11. The molecule has 4 aliphatic heterocycles. The van der Waals surface area contributed by atoms with E-state index in [1.807, 2.05) is 12.1 Å². The molecule has 2 unspecified atom stereocenters. The van der Waals surface area contributed by atoms with Crippen molar-refractivity contribution in [1.29, 1.82) is 0 Å². The van der Waals surface area contributed by atoms with Crippen LogP contribution in [0.1, 0.15) is 59.4 Å². The van der Waals surface area contributed by atoms with Crippen molar-refractivity contribution in [3.8, 4) is 5.75 Å². The smallest absolute Gasteiger partial charge is 0.228 e. The second-order valence-electron chi connectivity index (χ2n) is 14.4. The number of rotatable bonds is 1. The summed E-state index contributed by atoms with van der Waals surface area (Å²) in [4.78, 5) is 13.2. The van der Waals surface area contributed by atoms with Crippen LogP contribution in [0, 0.1) is 52.3 Å². The summed E-state index contributed by atoms with van der Waals surface area (Å²) in [6, 6.07) is 8.21. The van der Waals surface area contributed by atoms with Crippen LogP contribution >= 0.6 is 0 Å². The molecule has 7 aliphatic rings. The highest BCUT2D eigenvalue weighted by molar-refractivity contribution is 5.83. The van der Waals surface area contributed by atoms with E-state index in [0.717, 1.165) is 11.3 Å². The lowest BCUT2D eigenvalue weighted by Gasteiger charge is -2.50. The molecule has 4 bridgehead atoms. The van der Waals surface area contributed by atoms with Crippen molar-refractivity contribution in [1.82, 2.24) is 5.32 Å². The fourth-order valence-corrected chi connectivity index (χ4v) is 10.7. The maximum atomic E-state index is 13.2. The molecule has 13 atom stereocenters. The SMILES string of the molecule is C=C[C@@]1(C)C=C(C)[C@@H]2[C@H]3C1[C@H]1OC1[C@@H]1C[C@](O)(Cc4ccc(cc4)O[C@@H]3[C@@H]3[C@@H](C)C[C@@H](C)C[C@]32C)NC1=O. The van der Waals surface area contributed by atoms with Gasteiger partial charge in [-0.05, 0) is 60.6 Å². The van der Waals surface area contributed by atoms with Crippen LogP contribution in [-0.2, 0) is 16.0 Å². The van der Waals surface area contributed by atoms with Gasteiger partial charge < -0.3 is 19.9 Å². The zero-order chi connectivity index (χ0) is 26.8. The molecule has 2 saturated heterocycles. The van der Waals surface area contributed by atoms with E-state index in [-0.39, 0.29) is 52.8 Å². The van der Waals surface area contributed by atoms with Crippen LogP contribution in [0.3, 0.4) is 0 Å². The Morgan fingerprint density at radius 2 is 1.82 bits per heavy atom. The molecular weight excluding hydrogens is 474 g/mol. The largest absolute Gasteiger partial charge is 0.490 e. The van der Waals surface area contributed by atoms with Gasteiger partial charge in [-0.2, -0.15) is 0 Å². The van der Waals surface area contributed by atoms with Crippen LogP contribution in [-0.4, -0.2) is 35.1 Å². The van der Waals surface area contributed by atoms with Gasteiger partial charge in [0.15, 0.2) is 0 Å². The number of allylic oxidation sites excluding steroid dienone is 3. The Bertz CT molecular complexity index is 1210.